The van der Waals surface area contributed by atoms with Gasteiger partial charge in [-0.2, -0.15) is 0 Å². The quantitative estimate of drug-likeness (QED) is 0.0837. The fourth-order valence-electron chi connectivity index (χ4n) is 4.26. The average Bonchev–Trinajstić information content (AvgIpc) is 2.83. The Bertz CT molecular complexity index is 618. The summed E-state index contributed by atoms with van der Waals surface area (Å²) in [6.07, 6.45) is 22.7. The van der Waals surface area contributed by atoms with Crippen LogP contribution in [0.4, 0.5) is 0 Å². The van der Waals surface area contributed by atoms with Crippen molar-refractivity contribution in [2.45, 2.75) is 156 Å². The number of unbranched alkanes of at least 4 members (excludes halogenated alkanes) is 15. The minimum atomic E-state index is -3.64. The number of rotatable bonds is 26. The van der Waals surface area contributed by atoms with E-state index in [9.17, 15) is 19.0 Å². The lowest BCUT2D eigenvalue weighted by atomic mass is 9.96. The Morgan fingerprint density at radius 2 is 1.14 bits per heavy atom. The van der Waals surface area contributed by atoms with E-state index >= 15 is 0 Å². The molecule has 0 heterocycles. The molecule has 0 bridgehead atoms. The zero-order valence-electron chi connectivity index (χ0n) is 24.8. The van der Waals surface area contributed by atoms with Crippen LogP contribution >= 0.6 is 7.60 Å². The van der Waals surface area contributed by atoms with Crippen molar-refractivity contribution < 1.29 is 23.6 Å². The van der Waals surface area contributed by atoms with Gasteiger partial charge in [0.2, 0.25) is 5.91 Å². The zero-order chi connectivity index (χ0) is 27.8. The third kappa shape index (κ3) is 25.3. The maximum atomic E-state index is 12.1. The van der Waals surface area contributed by atoms with Crippen molar-refractivity contribution in [1.82, 2.24) is 5.32 Å². The number of hydrogen-bond acceptors (Lipinski definition) is 4. The van der Waals surface area contributed by atoms with Crippen LogP contribution in [0.3, 0.4) is 0 Å². The highest BCUT2D eigenvalue weighted by Crippen LogP contribution is 2.42. The molecule has 1 amide bonds. The molecule has 0 radical (unpaired) electrons. The van der Waals surface area contributed by atoms with E-state index < -0.39 is 13.0 Å². The fourth-order valence-corrected chi connectivity index (χ4v) is 5.36. The van der Waals surface area contributed by atoms with Gasteiger partial charge in [-0.15, -0.1) is 0 Å². The normalized spacial score (nSPS) is 13.4. The minimum Gasteiger partial charge on any atom is -0.356 e. The van der Waals surface area contributed by atoms with E-state index in [0.29, 0.717) is 38.6 Å². The largest absolute Gasteiger partial charge is 0.356 e. The van der Waals surface area contributed by atoms with Crippen LogP contribution in [-0.2, 0) is 18.7 Å². The molecule has 0 aromatic heterocycles. The lowest BCUT2D eigenvalue weighted by Gasteiger charge is -2.18. The number of carbonyl (C=O) groups is 2. The smallest absolute Gasteiger partial charge is 0.328 e. The van der Waals surface area contributed by atoms with Gasteiger partial charge in [-0.3, -0.25) is 14.2 Å². The molecular formula is C30H60NO5P. The summed E-state index contributed by atoms with van der Waals surface area (Å²) in [4.78, 5) is 33.7. The summed E-state index contributed by atoms with van der Waals surface area (Å²) >= 11 is 0. The number of amides is 1. The number of nitrogens with one attached hydrogen (secondary N) is 1. The van der Waals surface area contributed by atoms with Crippen molar-refractivity contribution in [3.63, 3.8) is 0 Å². The first kappa shape index (κ1) is 36.3. The first-order chi connectivity index (χ1) is 17.6. The van der Waals surface area contributed by atoms with Crippen LogP contribution in [0.15, 0.2) is 0 Å². The van der Waals surface area contributed by atoms with Crippen LogP contribution in [0.1, 0.15) is 156 Å². The summed E-state index contributed by atoms with van der Waals surface area (Å²) in [6.45, 7) is 8.30. The van der Waals surface area contributed by atoms with E-state index in [4.69, 9.17) is 4.52 Å². The Hall–Kier alpha value is -0.710. The van der Waals surface area contributed by atoms with Crippen LogP contribution in [0.5, 0.6) is 0 Å². The molecule has 0 aliphatic carbocycles. The molecule has 6 nitrogen and oxygen atoms in total. The molecule has 7 heteroatoms. The van der Waals surface area contributed by atoms with Crippen molar-refractivity contribution in [3.8, 4) is 0 Å². The lowest BCUT2D eigenvalue weighted by molar-refractivity contribution is -0.128. The molecule has 0 fully saturated rings. The van der Waals surface area contributed by atoms with Gasteiger partial charge in [0.15, 0.2) is 0 Å². The highest BCUT2D eigenvalue weighted by molar-refractivity contribution is 7.52. The Morgan fingerprint density at radius 3 is 1.59 bits per heavy atom. The second kappa shape index (κ2) is 23.2. The predicted octanol–water partition coefficient (Wildman–Crippen LogP) is 8.74. The van der Waals surface area contributed by atoms with Gasteiger partial charge in [0.05, 0.1) is 12.8 Å². The fraction of sp³-hybridized carbons (Fsp3) is 0.933. The Labute approximate surface area is 229 Å². The van der Waals surface area contributed by atoms with E-state index in [1.165, 1.54) is 83.5 Å². The monoisotopic (exact) mass is 545 g/mol. The van der Waals surface area contributed by atoms with Crippen molar-refractivity contribution in [2.24, 2.45) is 5.41 Å². The van der Waals surface area contributed by atoms with Crippen molar-refractivity contribution >= 4 is 19.3 Å². The Morgan fingerprint density at radius 1 is 0.703 bits per heavy atom. The van der Waals surface area contributed by atoms with Crippen LogP contribution in [0.25, 0.3) is 0 Å². The molecule has 2 N–H and O–H groups in total. The van der Waals surface area contributed by atoms with Gasteiger partial charge >= 0.3 is 7.60 Å². The highest BCUT2D eigenvalue weighted by atomic mass is 31.2. The van der Waals surface area contributed by atoms with Crippen LogP contribution in [0, 0.1) is 5.41 Å². The van der Waals surface area contributed by atoms with Gasteiger partial charge in [0.25, 0.3) is 0 Å². The van der Waals surface area contributed by atoms with Crippen molar-refractivity contribution in [2.75, 3.05) is 19.3 Å². The number of hydrogen-bond donors (Lipinski definition) is 2. The molecule has 0 aromatic rings. The zero-order valence-corrected chi connectivity index (χ0v) is 25.7. The first-order valence-electron chi connectivity index (χ1n) is 15.3. The molecule has 37 heavy (non-hydrogen) atoms. The molecule has 0 aliphatic rings. The van der Waals surface area contributed by atoms with Gasteiger partial charge in [-0.05, 0) is 25.7 Å². The topological polar surface area (TPSA) is 92.7 Å². The third-order valence-corrected chi connectivity index (χ3v) is 8.25. The van der Waals surface area contributed by atoms with Crippen LogP contribution in [0.2, 0.25) is 0 Å². The molecule has 0 aliphatic heterocycles. The van der Waals surface area contributed by atoms with Crippen LogP contribution in [-0.4, -0.2) is 35.9 Å². The van der Waals surface area contributed by atoms with E-state index in [2.05, 4.69) is 12.2 Å². The van der Waals surface area contributed by atoms with Gasteiger partial charge in [-0.1, -0.05) is 118 Å². The third-order valence-electron chi connectivity index (χ3n) is 6.79. The average molecular weight is 546 g/mol. The number of Topliss-reactive ketones (excluding diaryl/α,β-unsaturated/α-hetero) is 1. The van der Waals surface area contributed by atoms with E-state index in [1.807, 2.05) is 20.8 Å². The number of ketones is 1. The van der Waals surface area contributed by atoms with E-state index in [-0.39, 0.29) is 24.5 Å². The second-order valence-corrected chi connectivity index (χ2v) is 13.7. The van der Waals surface area contributed by atoms with Gasteiger partial charge in [-0.25, -0.2) is 0 Å². The Kier molecular flexibility index (Phi) is 22.8. The maximum Gasteiger partial charge on any atom is 0.328 e. The summed E-state index contributed by atoms with van der Waals surface area (Å²) in [5.74, 6) is 0.215. The summed E-state index contributed by atoms with van der Waals surface area (Å²) in [7, 11) is -3.64. The molecule has 0 rings (SSSR count). The molecule has 0 spiro atoms. The van der Waals surface area contributed by atoms with E-state index in [0.717, 1.165) is 12.8 Å². The molecule has 1 atom stereocenters. The van der Waals surface area contributed by atoms with Gasteiger partial charge < -0.3 is 14.7 Å². The molecular weight excluding hydrogens is 485 g/mol. The Balaban J connectivity index is 3.47. The van der Waals surface area contributed by atoms with E-state index in [1.54, 1.807) is 0 Å². The molecule has 0 aromatic carbocycles. The summed E-state index contributed by atoms with van der Waals surface area (Å²) < 4.78 is 17.2. The van der Waals surface area contributed by atoms with Crippen molar-refractivity contribution in [1.29, 1.82) is 0 Å². The highest BCUT2D eigenvalue weighted by Gasteiger charge is 2.22. The lowest BCUT2D eigenvalue weighted by Crippen LogP contribution is -2.35. The van der Waals surface area contributed by atoms with Gasteiger partial charge in [0.1, 0.15) is 5.78 Å². The minimum absolute atomic E-state index is 0.0234. The number of carbonyl (C=O) groups excluding carboxylic acids is 2. The SMILES string of the molecule is CCCCCCCCCCCCCCCCCC(=O)CCCCOP(=O)(O)CCCNC(=O)C(C)(C)C. The van der Waals surface area contributed by atoms with Crippen LogP contribution < -0.4 is 5.32 Å². The molecule has 0 saturated heterocycles. The standard InChI is InChI=1S/C30H60NO5P/c1-5-6-7-8-9-10-11-12-13-14-15-16-17-18-19-23-28(32)24-20-21-26-36-37(34,35)27-22-25-31-29(33)30(2,3)4/h5-27H2,1-4H3,(H,31,33)(H,34,35). The second-order valence-electron chi connectivity index (χ2n) is 11.7. The molecule has 0 saturated carbocycles. The summed E-state index contributed by atoms with van der Waals surface area (Å²) in [6, 6.07) is 0. The molecule has 1 unspecified atom stereocenters. The van der Waals surface area contributed by atoms with Gasteiger partial charge in [0, 0.05) is 24.8 Å². The summed E-state index contributed by atoms with van der Waals surface area (Å²) in [5, 5.41) is 2.77. The molecule has 220 valence electrons. The van der Waals surface area contributed by atoms with Crippen molar-refractivity contribution in [3.05, 3.63) is 0 Å². The maximum absolute atomic E-state index is 12.1. The summed E-state index contributed by atoms with van der Waals surface area (Å²) in [5.41, 5.74) is -0.469. The first-order valence-corrected chi connectivity index (χ1v) is 17.1. The predicted molar refractivity (Wildman–Crippen MR) is 156 cm³/mol.